The molecule has 1 unspecified atom stereocenters. The van der Waals surface area contributed by atoms with Gasteiger partial charge in [0.05, 0.1) is 6.42 Å². The number of amides is 1. The summed E-state index contributed by atoms with van der Waals surface area (Å²) in [6.07, 6.45) is 0.628. The molecule has 0 saturated heterocycles. The number of carboxylic acids is 1. The summed E-state index contributed by atoms with van der Waals surface area (Å²) in [5.74, 6) is -1.64. The zero-order chi connectivity index (χ0) is 13.5. The fourth-order valence-electron chi connectivity index (χ4n) is 1.73. The maximum absolute atomic E-state index is 11.6. The van der Waals surface area contributed by atoms with Gasteiger partial charge in [-0.15, -0.1) is 0 Å². The first kappa shape index (κ1) is 14.2. The van der Waals surface area contributed by atoms with Gasteiger partial charge in [-0.2, -0.15) is 0 Å². The van der Waals surface area contributed by atoms with Gasteiger partial charge in [0.25, 0.3) is 0 Å². The Morgan fingerprint density at radius 1 is 1.39 bits per heavy atom. The molecule has 1 rings (SSSR count). The van der Waals surface area contributed by atoms with Crippen LogP contribution in [0.2, 0.25) is 0 Å². The Bertz CT molecular complexity index is 429. The van der Waals surface area contributed by atoms with E-state index < -0.39 is 11.9 Å². The SMILES string of the molecule is Cc1cccc(CCNC(=O)C(C)CC(=O)O)c1. The molecule has 0 aliphatic carbocycles. The molecule has 0 spiro atoms. The van der Waals surface area contributed by atoms with Crippen LogP contribution in [0, 0.1) is 12.8 Å². The highest BCUT2D eigenvalue weighted by Gasteiger charge is 2.15. The molecular formula is C14H19NO3. The number of carbonyl (C=O) groups excluding carboxylic acids is 1. The molecule has 1 aromatic rings. The van der Waals surface area contributed by atoms with Gasteiger partial charge in [0.2, 0.25) is 5.91 Å². The lowest BCUT2D eigenvalue weighted by atomic mass is 10.1. The normalized spacial score (nSPS) is 11.9. The number of rotatable bonds is 6. The predicted molar refractivity (Wildman–Crippen MR) is 69.3 cm³/mol. The van der Waals surface area contributed by atoms with E-state index in [0.717, 1.165) is 6.42 Å². The average Bonchev–Trinajstić information content (AvgIpc) is 2.28. The highest BCUT2D eigenvalue weighted by Crippen LogP contribution is 2.05. The van der Waals surface area contributed by atoms with Crippen molar-refractivity contribution in [3.63, 3.8) is 0 Å². The number of nitrogens with one attached hydrogen (secondary N) is 1. The van der Waals surface area contributed by atoms with E-state index in [1.165, 1.54) is 11.1 Å². The van der Waals surface area contributed by atoms with Crippen LogP contribution in [0.15, 0.2) is 24.3 Å². The lowest BCUT2D eigenvalue weighted by Gasteiger charge is -2.10. The summed E-state index contributed by atoms with van der Waals surface area (Å²) in [5.41, 5.74) is 2.36. The molecule has 0 aliphatic rings. The lowest BCUT2D eigenvalue weighted by Crippen LogP contribution is -2.32. The second-order valence-corrected chi connectivity index (χ2v) is 4.53. The molecule has 0 aliphatic heterocycles. The summed E-state index contributed by atoms with van der Waals surface area (Å²) in [7, 11) is 0. The molecule has 2 N–H and O–H groups in total. The lowest BCUT2D eigenvalue weighted by molar-refractivity contribution is -0.140. The molecule has 4 nitrogen and oxygen atoms in total. The monoisotopic (exact) mass is 249 g/mol. The average molecular weight is 249 g/mol. The summed E-state index contributed by atoms with van der Waals surface area (Å²) in [4.78, 5) is 22.0. The number of carboxylic acid groups (broad SMARTS) is 1. The first-order chi connectivity index (χ1) is 8.49. The van der Waals surface area contributed by atoms with Crippen LogP contribution in [0.4, 0.5) is 0 Å². The van der Waals surface area contributed by atoms with E-state index in [0.29, 0.717) is 6.54 Å². The minimum Gasteiger partial charge on any atom is -0.481 e. The minimum atomic E-state index is -0.948. The number of aryl methyl sites for hydroxylation is 1. The third-order valence-electron chi connectivity index (χ3n) is 2.72. The number of aliphatic carboxylic acids is 1. The van der Waals surface area contributed by atoms with Crippen molar-refractivity contribution in [1.82, 2.24) is 5.32 Å². The Hall–Kier alpha value is -1.84. The van der Waals surface area contributed by atoms with Gasteiger partial charge in [0.15, 0.2) is 0 Å². The van der Waals surface area contributed by atoms with Gasteiger partial charge in [-0.25, -0.2) is 0 Å². The summed E-state index contributed by atoms with van der Waals surface area (Å²) in [6.45, 7) is 4.18. The first-order valence-corrected chi connectivity index (χ1v) is 6.04. The van der Waals surface area contributed by atoms with Crippen molar-refractivity contribution in [2.75, 3.05) is 6.54 Å². The maximum atomic E-state index is 11.6. The number of carbonyl (C=O) groups is 2. The molecule has 0 saturated carbocycles. The zero-order valence-corrected chi connectivity index (χ0v) is 10.8. The highest BCUT2D eigenvalue weighted by molar-refractivity contribution is 5.82. The smallest absolute Gasteiger partial charge is 0.304 e. The molecule has 0 heterocycles. The fraction of sp³-hybridized carbons (Fsp3) is 0.429. The summed E-state index contributed by atoms with van der Waals surface area (Å²) in [6, 6.07) is 8.10. The van der Waals surface area contributed by atoms with Crippen LogP contribution in [-0.4, -0.2) is 23.5 Å². The Morgan fingerprint density at radius 2 is 2.11 bits per heavy atom. The van der Waals surface area contributed by atoms with Crippen LogP contribution in [0.25, 0.3) is 0 Å². The van der Waals surface area contributed by atoms with Gasteiger partial charge >= 0.3 is 5.97 Å². The van der Waals surface area contributed by atoms with Crippen molar-refractivity contribution < 1.29 is 14.7 Å². The van der Waals surface area contributed by atoms with Crippen LogP contribution in [0.3, 0.4) is 0 Å². The predicted octanol–water partition coefficient (Wildman–Crippen LogP) is 1.76. The molecule has 0 radical (unpaired) electrons. The minimum absolute atomic E-state index is 0.129. The number of hydrogen-bond acceptors (Lipinski definition) is 2. The van der Waals surface area contributed by atoms with Crippen molar-refractivity contribution in [3.05, 3.63) is 35.4 Å². The second-order valence-electron chi connectivity index (χ2n) is 4.53. The van der Waals surface area contributed by atoms with Crippen molar-refractivity contribution in [2.45, 2.75) is 26.7 Å². The largest absolute Gasteiger partial charge is 0.481 e. The maximum Gasteiger partial charge on any atom is 0.304 e. The fourth-order valence-corrected chi connectivity index (χ4v) is 1.73. The van der Waals surface area contributed by atoms with E-state index in [2.05, 4.69) is 11.4 Å². The Balaban J connectivity index is 2.33. The molecule has 1 aromatic carbocycles. The standard InChI is InChI=1S/C14H19NO3/c1-10-4-3-5-12(8-10)6-7-15-14(18)11(2)9-13(16)17/h3-5,8,11H,6-7,9H2,1-2H3,(H,15,18)(H,16,17). The van der Waals surface area contributed by atoms with Crippen LogP contribution in [0.1, 0.15) is 24.5 Å². The van der Waals surface area contributed by atoms with Gasteiger partial charge in [-0.05, 0) is 18.9 Å². The summed E-state index contributed by atoms with van der Waals surface area (Å²) < 4.78 is 0. The van der Waals surface area contributed by atoms with Crippen LogP contribution in [0.5, 0.6) is 0 Å². The van der Waals surface area contributed by atoms with Crippen molar-refractivity contribution in [3.8, 4) is 0 Å². The van der Waals surface area contributed by atoms with Gasteiger partial charge in [0, 0.05) is 12.5 Å². The van der Waals surface area contributed by atoms with Crippen LogP contribution < -0.4 is 5.32 Å². The molecule has 0 bridgehead atoms. The molecule has 18 heavy (non-hydrogen) atoms. The van der Waals surface area contributed by atoms with Crippen LogP contribution in [-0.2, 0) is 16.0 Å². The van der Waals surface area contributed by atoms with Crippen molar-refractivity contribution in [2.24, 2.45) is 5.92 Å². The van der Waals surface area contributed by atoms with Crippen molar-refractivity contribution in [1.29, 1.82) is 0 Å². The topological polar surface area (TPSA) is 66.4 Å². The Labute approximate surface area is 107 Å². The molecular weight excluding hydrogens is 230 g/mol. The third kappa shape index (κ3) is 4.99. The summed E-state index contributed by atoms with van der Waals surface area (Å²) >= 11 is 0. The van der Waals surface area contributed by atoms with Crippen LogP contribution >= 0.6 is 0 Å². The van der Waals surface area contributed by atoms with Gasteiger partial charge in [-0.1, -0.05) is 36.8 Å². The quantitative estimate of drug-likeness (QED) is 0.807. The molecule has 1 amide bonds. The number of hydrogen-bond donors (Lipinski definition) is 2. The third-order valence-corrected chi connectivity index (χ3v) is 2.72. The highest BCUT2D eigenvalue weighted by atomic mass is 16.4. The first-order valence-electron chi connectivity index (χ1n) is 6.04. The summed E-state index contributed by atoms with van der Waals surface area (Å²) in [5, 5.41) is 11.3. The molecule has 1 atom stereocenters. The van der Waals surface area contributed by atoms with E-state index in [4.69, 9.17) is 5.11 Å². The van der Waals surface area contributed by atoms with E-state index in [1.54, 1.807) is 6.92 Å². The van der Waals surface area contributed by atoms with Crippen molar-refractivity contribution >= 4 is 11.9 Å². The molecule has 0 aromatic heterocycles. The van der Waals surface area contributed by atoms with E-state index in [-0.39, 0.29) is 12.3 Å². The van der Waals surface area contributed by atoms with Gasteiger partial charge in [0.1, 0.15) is 0 Å². The molecule has 98 valence electrons. The molecule has 0 fully saturated rings. The van der Waals surface area contributed by atoms with E-state index in [1.807, 2.05) is 25.1 Å². The van der Waals surface area contributed by atoms with E-state index in [9.17, 15) is 9.59 Å². The zero-order valence-electron chi connectivity index (χ0n) is 10.8. The van der Waals surface area contributed by atoms with E-state index >= 15 is 0 Å². The Kier molecular flexibility index (Phi) is 5.36. The number of benzene rings is 1. The van der Waals surface area contributed by atoms with Gasteiger partial charge in [-0.3, -0.25) is 9.59 Å². The molecule has 4 heteroatoms. The Morgan fingerprint density at radius 3 is 2.72 bits per heavy atom. The van der Waals surface area contributed by atoms with Gasteiger partial charge < -0.3 is 10.4 Å². The second kappa shape index (κ2) is 6.79.